The molecule has 0 fully saturated rings. The lowest BCUT2D eigenvalue weighted by molar-refractivity contribution is 0.102. The number of carbonyl (C=O) groups excluding carboxylic acids is 1. The first kappa shape index (κ1) is 17.4. The van der Waals surface area contributed by atoms with E-state index in [0.717, 1.165) is 11.3 Å². The summed E-state index contributed by atoms with van der Waals surface area (Å²) in [6.07, 6.45) is 2.98. The van der Waals surface area contributed by atoms with Crippen LogP contribution >= 0.6 is 0 Å². The standard InChI is InChI=1S/C20H20N4O2/c1-3-26-18-11-7-6-10-17(18)23-19(25)15-12-21-20(22-13-15)24-16-9-5-4-8-14(16)2/h4-13H,3H2,1-2H3,(H,23,25)(H,21,22,24). The molecule has 0 aliphatic carbocycles. The minimum absolute atomic E-state index is 0.292. The van der Waals surface area contributed by atoms with Gasteiger partial charge in [0.15, 0.2) is 0 Å². The van der Waals surface area contributed by atoms with E-state index in [1.165, 1.54) is 12.4 Å². The van der Waals surface area contributed by atoms with Crippen molar-refractivity contribution >= 4 is 23.2 Å². The van der Waals surface area contributed by atoms with Gasteiger partial charge in [-0.15, -0.1) is 0 Å². The van der Waals surface area contributed by atoms with Gasteiger partial charge in [-0.25, -0.2) is 9.97 Å². The molecule has 2 N–H and O–H groups in total. The summed E-state index contributed by atoms with van der Waals surface area (Å²) in [5.74, 6) is 0.771. The Morgan fingerprint density at radius 3 is 2.35 bits per heavy atom. The number of anilines is 3. The Morgan fingerprint density at radius 1 is 1.00 bits per heavy atom. The molecule has 0 radical (unpaired) electrons. The predicted molar refractivity (Wildman–Crippen MR) is 102 cm³/mol. The molecule has 0 bridgehead atoms. The van der Waals surface area contributed by atoms with Gasteiger partial charge >= 0.3 is 0 Å². The van der Waals surface area contributed by atoms with Crippen molar-refractivity contribution in [1.82, 2.24) is 9.97 Å². The SMILES string of the molecule is CCOc1ccccc1NC(=O)c1cnc(Nc2ccccc2C)nc1. The van der Waals surface area contributed by atoms with Gasteiger partial charge in [-0.05, 0) is 37.6 Å². The van der Waals surface area contributed by atoms with E-state index in [2.05, 4.69) is 20.6 Å². The molecule has 26 heavy (non-hydrogen) atoms. The molecule has 2 aromatic carbocycles. The third-order valence-corrected chi connectivity index (χ3v) is 3.74. The summed E-state index contributed by atoms with van der Waals surface area (Å²) < 4.78 is 5.51. The minimum Gasteiger partial charge on any atom is -0.492 e. The normalized spacial score (nSPS) is 10.2. The van der Waals surface area contributed by atoms with Crippen LogP contribution in [0.25, 0.3) is 0 Å². The fourth-order valence-corrected chi connectivity index (χ4v) is 2.39. The largest absolute Gasteiger partial charge is 0.492 e. The summed E-state index contributed by atoms with van der Waals surface area (Å²) in [7, 11) is 0. The fourth-order valence-electron chi connectivity index (χ4n) is 2.39. The Morgan fingerprint density at radius 2 is 1.65 bits per heavy atom. The molecular weight excluding hydrogens is 328 g/mol. The maximum atomic E-state index is 12.4. The van der Waals surface area contributed by atoms with Gasteiger partial charge in [0, 0.05) is 18.1 Å². The molecular formula is C20H20N4O2. The highest BCUT2D eigenvalue weighted by Crippen LogP contribution is 2.24. The van der Waals surface area contributed by atoms with E-state index >= 15 is 0 Å². The molecule has 0 aliphatic heterocycles. The molecule has 1 heterocycles. The number of amides is 1. The number of aromatic nitrogens is 2. The third-order valence-electron chi connectivity index (χ3n) is 3.74. The van der Waals surface area contributed by atoms with Gasteiger partial charge < -0.3 is 15.4 Å². The molecule has 1 aromatic heterocycles. The van der Waals surface area contributed by atoms with Crippen molar-refractivity contribution in [2.24, 2.45) is 0 Å². The molecule has 1 amide bonds. The highest BCUT2D eigenvalue weighted by molar-refractivity contribution is 6.04. The molecule has 0 saturated heterocycles. The van der Waals surface area contributed by atoms with E-state index in [1.54, 1.807) is 6.07 Å². The van der Waals surface area contributed by atoms with E-state index in [9.17, 15) is 4.79 Å². The number of hydrogen-bond acceptors (Lipinski definition) is 5. The molecule has 3 aromatic rings. The Bertz CT molecular complexity index is 894. The molecule has 0 atom stereocenters. The second kappa shape index (κ2) is 8.11. The van der Waals surface area contributed by atoms with Crippen LogP contribution in [0.3, 0.4) is 0 Å². The van der Waals surface area contributed by atoms with Gasteiger partial charge in [0.2, 0.25) is 5.95 Å². The van der Waals surface area contributed by atoms with Crippen molar-refractivity contribution in [3.63, 3.8) is 0 Å². The van der Waals surface area contributed by atoms with Crippen molar-refractivity contribution in [2.75, 3.05) is 17.2 Å². The van der Waals surface area contributed by atoms with Crippen LogP contribution < -0.4 is 15.4 Å². The molecule has 6 heteroatoms. The Kier molecular flexibility index (Phi) is 5.43. The van der Waals surface area contributed by atoms with E-state index < -0.39 is 0 Å². The lowest BCUT2D eigenvalue weighted by atomic mass is 10.2. The van der Waals surface area contributed by atoms with Crippen molar-refractivity contribution < 1.29 is 9.53 Å². The van der Waals surface area contributed by atoms with Crippen molar-refractivity contribution in [3.05, 3.63) is 72.1 Å². The number of hydrogen-bond donors (Lipinski definition) is 2. The van der Waals surface area contributed by atoms with E-state index in [0.29, 0.717) is 29.6 Å². The maximum absolute atomic E-state index is 12.4. The topological polar surface area (TPSA) is 76.1 Å². The van der Waals surface area contributed by atoms with Crippen LogP contribution in [-0.2, 0) is 0 Å². The van der Waals surface area contributed by atoms with Gasteiger partial charge in [-0.1, -0.05) is 30.3 Å². The summed E-state index contributed by atoms with van der Waals surface area (Å²) in [5, 5.41) is 5.97. The molecule has 0 aliphatic rings. The van der Waals surface area contributed by atoms with E-state index in [1.807, 2.05) is 56.3 Å². The van der Waals surface area contributed by atoms with Crippen LogP contribution in [0.1, 0.15) is 22.8 Å². The van der Waals surface area contributed by atoms with E-state index in [4.69, 9.17) is 4.74 Å². The molecule has 0 unspecified atom stereocenters. The Balaban J connectivity index is 1.70. The van der Waals surface area contributed by atoms with E-state index in [-0.39, 0.29) is 5.91 Å². The number of nitrogens with one attached hydrogen (secondary N) is 2. The number of carbonyl (C=O) groups is 1. The number of benzene rings is 2. The van der Waals surface area contributed by atoms with Gasteiger partial charge in [0.25, 0.3) is 5.91 Å². The fraction of sp³-hybridized carbons (Fsp3) is 0.150. The van der Waals surface area contributed by atoms with Gasteiger partial charge in [0.05, 0.1) is 17.9 Å². The first-order chi connectivity index (χ1) is 12.7. The monoisotopic (exact) mass is 348 g/mol. The van der Waals surface area contributed by atoms with Crippen LogP contribution in [0.15, 0.2) is 60.9 Å². The summed E-state index contributed by atoms with van der Waals surface area (Å²) in [5.41, 5.74) is 2.99. The maximum Gasteiger partial charge on any atom is 0.258 e. The van der Waals surface area contributed by atoms with Gasteiger partial charge in [0.1, 0.15) is 5.75 Å². The molecule has 0 saturated carbocycles. The van der Waals surface area contributed by atoms with Gasteiger partial charge in [-0.3, -0.25) is 4.79 Å². The second-order valence-electron chi connectivity index (χ2n) is 5.62. The summed E-state index contributed by atoms with van der Waals surface area (Å²) >= 11 is 0. The summed E-state index contributed by atoms with van der Waals surface area (Å²) in [6.45, 7) is 4.42. The highest BCUT2D eigenvalue weighted by Gasteiger charge is 2.11. The Labute approximate surface area is 152 Å². The Hall–Kier alpha value is -3.41. The summed E-state index contributed by atoms with van der Waals surface area (Å²) in [4.78, 5) is 20.9. The predicted octanol–water partition coefficient (Wildman–Crippen LogP) is 4.18. The molecule has 6 nitrogen and oxygen atoms in total. The number of ether oxygens (including phenoxy) is 1. The van der Waals surface area contributed by atoms with Crippen LogP contribution in [-0.4, -0.2) is 22.5 Å². The average Bonchev–Trinajstić information content (AvgIpc) is 2.66. The van der Waals surface area contributed by atoms with Crippen LogP contribution in [0.4, 0.5) is 17.3 Å². The van der Waals surface area contributed by atoms with Gasteiger partial charge in [-0.2, -0.15) is 0 Å². The number of nitrogens with zero attached hydrogens (tertiary/aromatic N) is 2. The minimum atomic E-state index is -0.292. The third kappa shape index (κ3) is 4.16. The quantitative estimate of drug-likeness (QED) is 0.699. The average molecular weight is 348 g/mol. The van der Waals surface area contributed by atoms with Crippen LogP contribution in [0.2, 0.25) is 0 Å². The zero-order valence-electron chi connectivity index (χ0n) is 14.7. The zero-order valence-corrected chi connectivity index (χ0v) is 14.7. The second-order valence-corrected chi connectivity index (χ2v) is 5.62. The molecule has 0 spiro atoms. The van der Waals surface area contributed by atoms with Crippen molar-refractivity contribution in [2.45, 2.75) is 13.8 Å². The molecule has 3 rings (SSSR count). The smallest absolute Gasteiger partial charge is 0.258 e. The number of rotatable bonds is 6. The lowest BCUT2D eigenvalue weighted by Gasteiger charge is -2.11. The number of para-hydroxylation sites is 3. The van der Waals surface area contributed by atoms with Crippen molar-refractivity contribution in [1.29, 1.82) is 0 Å². The number of aryl methyl sites for hydroxylation is 1. The van der Waals surface area contributed by atoms with Crippen molar-refractivity contribution in [3.8, 4) is 5.75 Å². The first-order valence-corrected chi connectivity index (χ1v) is 8.35. The zero-order chi connectivity index (χ0) is 18.4. The summed E-state index contributed by atoms with van der Waals surface area (Å²) in [6, 6.07) is 15.1. The first-order valence-electron chi connectivity index (χ1n) is 8.35. The van der Waals surface area contributed by atoms with Crippen LogP contribution in [0, 0.1) is 6.92 Å². The van der Waals surface area contributed by atoms with Crippen LogP contribution in [0.5, 0.6) is 5.75 Å². The lowest BCUT2D eigenvalue weighted by Crippen LogP contribution is -2.14. The highest BCUT2D eigenvalue weighted by atomic mass is 16.5. The molecule has 132 valence electrons.